The minimum absolute atomic E-state index is 0.0513. The molecular weight excluding hydrogens is 285 g/mol. The van der Waals surface area contributed by atoms with Gasteiger partial charge < -0.3 is 10.1 Å². The summed E-state index contributed by atoms with van der Waals surface area (Å²) in [4.78, 5) is 12.1. The number of carbonyl (C=O) groups excluding carboxylic acids is 1. The maximum absolute atomic E-state index is 13.9. The molecule has 6 heteroatoms. The number of aromatic amines is 1. The van der Waals surface area contributed by atoms with E-state index in [-0.39, 0.29) is 17.6 Å². The zero-order valence-corrected chi connectivity index (χ0v) is 12.4. The van der Waals surface area contributed by atoms with Crippen molar-refractivity contribution >= 4 is 11.7 Å². The Morgan fingerprint density at radius 2 is 2.14 bits per heavy atom. The van der Waals surface area contributed by atoms with E-state index < -0.39 is 0 Å². The summed E-state index contributed by atoms with van der Waals surface area (Å²) in [6.07, 6.45) is 1.44. The molecule has 22 heavy (non-hydrogen) atoms. The minimum atomic E-state index is -0.323. The maximum atomic E-state index is 13.9. The van der Waals surface area contributed by atoms with E-state index in [2.05, 4.69) is 15.5 Å². The number of hydrogen-bond acceptors (Lipinski definition) is 3. The van der Waals surface area contributed by atoms with E-state index >= 15 is 0 Å². The van der Waals surface area contributed by atoms with Crippen LogP contribution in [0.15, 0.2) is 24.3 Å². The lowest BCUT2D eigenvalue weighted by atomic mass is 9.99. The molecule has 1 saturated heterocycles. The van der Waals surface area contributed by atoms with Crippen LogP contribution in [0.1, 0.15) is 18.4 Å². The molecule has 3 rings (SSSR count). The van der Waals surface area contributed by atoms with Gasteiger partial charge in [0.2, 0.25) is 5.91 Å². The number of amides is 1. The summed E-state index contributed by atoms with van der Waals surface area (Å²) in [5.74, 6) is -0.0281. The van der Waals surface area contributed by atoms with Crippen LogP contribution in [0.4, 0.5) is 10.2 Å². The predicted molar refractivity (Wildman–Crippen MR) is 80.9 cm³/mol. The first kappa shape index (κ1) is 14.7. The van der Waals surface area contributed by atoms with Crippen molar-refractivity contribution in [1.29, 1.82) is 0 Å². The minimum Gasteiger partial charge on any atom is -0.381 e. The summed E-state index contributed by atoms with van der Waals surface area (Å²) in [6, 6.07) is 6.52. The van der Waals surface area contributed by atoms with Crippen molar-refractivity contribution in [2.24, 2.45) is 5.92 Å². The number of aromatic nitrogens is 2. The molecule has 1 fully saturated rings. The molecule has 0 atom stereocenters. The van der Waals surface area contributed by atoms with Crippen LogP contribution in [-0.2, 0) is 9.53 Å². The number of rotatable bonds is 3. The summed E-state index contributed by atoms with van der Waals surface area (Å²) < 4.78 is 19.1. The normalized spacial score (nSPS) is 15.7. The van der Waals surface area contributed by atoms with Crippen molar-refractivity contribution in [3.8, 4) is 11.3 Å². The lowest BCUT2D eigenvalue weighted by Gasteiger charge is -2.20. The van der Waals surface area contributed by atoms with Crippen molar-refractivity contribution in [3.05, 3.63) is 35.6 Å². The Labute approximate surface area is 127 Å². The number of hydrogen-bond donors (Lipinski definition) is 2. The van der Waals surface area contributed by atoms with E-state index in [9.17, 15) is 9.18 Å². The number of anilines is 1. The third-order valence-electron chi connectivity index (χ3n) is 3.83. The summed E-state index contributed by atoms with van der Waals surface area (Å²) in [5.41, 5.74) is 1.95. The van der Waals surface area contributed by atoms with Crippen molar-refractivity contribution in [1.82, 2.24) is 10.2 Å². The highest BCUT2D eigenvalue weighted by molar-refractivity contribution is 5.92. The van der Waals surface area contributed by atoms with E-state index in [1.165, 1.54) is 6.07 Å². The number of H-pyrrole nitrogens is 1. The van der Waals surface area contributed by atoms with Gasteiger partial charge in [-0.15, -0.1) is 0 Å². The van der Waals surface area contributed by atoms with Crippen LogP contribution in [-0.4, -0.2) is 29.3 Å². The molecule has 1 aromatic heterocycles. The zero-order valence-electron chi connectivity index (χ0n) is 12.4. The molecule has 0 aliphatic carbocycles. The average Bonchev–Trinajstić information content (AvgIpc) is 2.99. The lowest BCUT2D eigenvalue weighted by Crippen LogP contribution is -2.28. The van der Waals surface area contributed by atoms with E-state index in [0.29, 0.717) is 30.3 Å². The number of aryl methyl sites for hydroxylation is 1. The van der Waals surface area contributed by atoms with Crippen LogP contribution in [0.2, 0.25) is 0 Å². The van der Waals surface area contributed by atoms with Gasteiger partial charge in [0.1, 0.15) is 5.82 Å². The van der Waals surface area contributed by atoms with Crippen LogP contribution in [0.5, 0.6) is 0 Å². The second kappa shape index (κ2) is 6.27. The van der Waals surface area contributed by atoms with E-state index in [1.54, 1.807) is 18.2 Å². The van der Waals surface area contributed by atoms with Gasteiger partial charge in [-0.1, -0.05) is 11.6 Å². The number of benzene rings is 1. The smallest absolute Gasteiger partial charge is 0.228 e. The van der Waals surface area contributed by atoms with Crippen LogP contribution in [0.25, 0.3) is 11.3 Å². The zero-order chi connectivity index (χ0) is 15.5. The monoisotopic (exact) mass is 303 g/mol. The first-order chi connectivity index (χ1) is 10.6. The summed E-state index contributed by atoms with van der Waals surface area (Å²) in [6.45, 7) is 3.12. The molecule has 0 bridgehead atoms. The molecule has 5 nitrogen and oxygen atoms in total. The fraction of sp³-hybridized carbons (Fsp3) is 0.375. The molecule has 2 aromatic rings. The van der Waals surface area contributed by atoms with E-state index in [4.69, 9.17) is 4.74 Å². The van der Waals surface area contributed by atoms with Gasteiger partial charge in [-0.3, -0.25) is 9.89 Å². The van der Waals surface area contributed by atoms with Gasteiger partial charge in [0.25, 0.3) is 0 Å². The van der Waals surface area contributed by atoms with Crippen molar-refractivity contribution < 1.29 is 13.9 Å². The van der Waals surface area contributed by atoms with Gasteiger partial charge in [-0.05, 0) is 31.9 Å². The second-order valence-electron chi connectivity index (χ2n) is 5.53. The van der Waals surface area contributed by atoms with Gasteiger partial charge in [-0.2, -0.15) is 5.10 Å². The van der Waals surface area contributed by atoms with Crippen molar-refractivity contribution in [2.45, 2.75) is 19.8 Å². The Hall–Kier alpha value is -2.21. The fourth-order valence-corrected chi connectivity index (χ4v) is 2.56. The summed E-state index contributed by atoms with van der Waals surface area (Å²) in [5, 5.41) is 9.59. The Morgan fingerprint density at radius 3 is 2.91 bits per heavy atom. The highest BCUT2D eigenvalue weighted by Crippen LogP contribution is 2.24. The molecule has 1 aliphatic heterocycles. The molecule has 2 heterocycles. The molecule has 2 N–H and O–H groups in total. The highest BCUT2D eigenvalue weighted by atomic mass is 19.1. The van der Waals surface area contributed by atoms with Gasteiger partial charge in [-0.25, -0.2) is 4.39 Å². The fourth-order valence-electron chi connectivity index (χ4n) is 2.56. The van der Waals surface area contributed by atoms with E-state index in [1.807, 2.05) is 6.92 Å². The third kappa shape index (κ3) is 3.17. The Balaban J connectivity index is 1.73. The summed E-state index contributed by atoms with van der Waals surface area (Å²) >= 11 is 0. The van der Waals surface area contributed by atoms with Crippen LogP contribution < -0.4 is 5.32 Å². The first-order valence-corrected chi connectivity index (χ1v) is 7.34. The highest BCUT2D eigenvalue weighted by Gasteiger charge is 2.22. The van der Waals surface area contributed by atoms with Gasteiger partial charge in [0.05, 0.1) is 5.69 Å². The largest absolute Gasteiger partial charge is 0.381 e. The summed E-state index contributed by atoms with van der Waals surface area (Å²) in [7, 11) is 0. The number of nitrogens with one attached hydrogen (secondary N) is 2. The van der Waals surface area contributed by atoms with Crippen molar-refractivity contribution in [2.75, 3.05) is 18.5 Å². The van der Waals surface area contributed by atoms with Gasteiger partial charge in [0, 0.05) is 30.8 Å². The van der Waals surface area contributed by atoms with Gasteiger partial charge >= 0.3 is 0 Å². The Bertz CT molecular complexity index is 678. The molecular formula is C16H18FN3O2. The van der Waals surface area contributed by atoms with Crippen LogP contribution in [0, 0.1) is 18.7 Å². The Kier molecular flexibility index (Phi) is 4.20. The van der Waals surface area contributed by atoms with Crippen LogP contribution in [0.3, 0.4) is 0 Å². The van der Waals surface area contributed by atoms with Gasteiger partial charge in [0.15, 0.2) is 5.82 Å². The number of carbonyl (C=O) groups is 1. The van der Waals surface area contributed by atoms with E-state index in [0.717, 1.165) is 18.4 Å². The maximum Gasteiger partial charge on any atom is 0.228 e. The number of halogens is 1. The van der Waals surface area contributed by atoms with Crippen LogP contribution >= 0.6 is 0 Å². The number of nitrogens with zero attached hydrogens (tertiary/aromatic N) is 1. The molecule has 1 aromatic carbocycles. The molecule has 0 radical (unpaired) electrons. The quantitative estimate of drug-likeness (QED) is 0.916. The van der Waals surface area contributed by atoms with Crippen molar-refractivity contribution in [3.63, 3.8) is 0 Å². The standard InChI is InChI=1S/C16H18FN3O2/c1-10-2-3-13(17)12(8-10)14-9-15(20-19-14)18-16(21)11-4-6-22-7-5-11/h2-3,8-9,11H,4-7H2,1H3,(H2,18,19,20,21). The lowest BCUT2D eigenvalue weighted by molar-refractivity contribution is -0.122. The molecule has 0 saturated carbocycles. The SMILES string of the molecule is Cc1ccc(F)c(-c2cc(NC(=O)C3CCOCC3)n[nH]2)c1. The number of ether oxygens (including phenoxy) is 1. The first-order valence-electron chi connectivity index (χ1n) is 7.34. The molecule has 0 spiro atoms. The average molecular weight is 303 g/mol. The Morgan fingerprint density at radius 1 is 1.36 bits per heavy atom. The molecule has 116 valence electrons. The molecule has 0 unspecified atom stereocenters. The molecule has 1 amide bonds. The topological polar surface area (TPSA) is 67.0 Å². The molecule has 1 aliphatic rings. The third-order valence-corrected chi connectivity index (χ3v) is 3.83. The second-order valence-corrected chi connectivity index (χ2v) is 5.53. The predicted octanol–water partition coefficient (Wildman–Crippen LogP) is 2.89.